The normalized spacial score (nSPS) is 10.6. The monoisotopic (exact) mass is 373 g/mol. The van der Waals surface area contributed by atoms with E-state index in [9.17, 15) is 4.79 Å². The zero-order valence-corrected chi connectivity index (χ0v) is 15.5. The summed E-state index contributed by atoms with van der Waals surface area (Å²) in [6.07, 6.45) is 3.94. The molecule has 2 aromatic carbocycles. The third kappa shape index (κ3) is 3.27. The second-order valence-electron chi connectivity index (χ2n) is 6.16. The largest absolute Gasteiger partial charge is 0.493 e. The fourth-order valence-corrected chi connectivity index (χ4v) is 3.06. The maximum atomic E-state index is 12.7. The Balaban J connectivity index is 1.56. The Morgan fingerprint density at radius 1 is 0.964 bits per heavy atom. The minimum absolute atomic E-state index is 0.267. The van der Waals surface area contributed by atoms with Gasteiger partial charge in [-0.25, -0.2) is 4.98 Å². The molecule has 0 saturated carbocycles. The second kappa shape index (κ2) is 7.44. The Bertz CT molecular complexity index is 1100. The number of hydrogen-bond acceptors (Lipinski definition) is 4. The molecule has 0 saturated heterocycles. The van der Waals surface area contributed by atoms with Crippen LogP contribution in [0.15, 0.2) is 73.1 Å². The third-order valence-electron chi connectivity index (χ3n) is 4.45. The molecule has 4 rings (SSSR count). The minimum atomic E-state index is -0.267. The number of nitrogens with one attached hydrogen (secondary N) is 1. The summed E-state index contributed by atoms with van der Waals surface area (Å²) in [5.41, 5.74) is 3.83. The number of carbonyl (C=O) groups is 1. The van der Waals surface area contributed by atoms with Gasteiger partial charge < -0.3 is 19.2 Å². The van der Waals surface area contributed by atoms with E-state index in [2.05, 4.69) is 10.3 Å². The van der Waals surface area contributed by atoms with Crippen molar-refractivity contribution in [3.63, 3.8) is 0 Å². The Hall–Kier alpha value is -3.80. The molecule has 0 aliphatic rings. The van der Waals surface area contributed by atoms with Crippen LogP contribution < -0.4 is 14.8 Å². The van der Waals surface area contributed by atoms with E-state index in [1.54, 1.807) is 18.2 Å². The van der Waals surface area contributed by atoms with Crippen molar-refractivity contribution in [3.8, 4) is 22.8 Å². The summed E-state index contributed by atoms with van der Waals surface area (Å²) in [5, 5.41) is 2.89. The number of ether oxygens (including phenoxy) is 2. The highest BCUT2D eigenvalue weighted by Crippen LogP contribution is 2.31. The maximum absolute atomic E-state index is 12.7. The standard InChI is InChI=1S/C22H19N3O3/c1-27-19-7-5-6-17(21(19)28-2)22(26)23-16-11-9-15(10-12-16)18-14-25-13-4-3-8-20(25)24-18/h3-14H,1-2H3,(H,23,26). The van der Waals surface area contributed by atoms with Crippen LogP contribution in [0.25, 0.3) is 16.9 Å². The summed E-state index contributed by atoms with van der Waals surface area (Å²) >= 11 is 0. The number of nitrogens with zero attached hydrogens (tertiary/aromatic N) is 2. The fraction of sp³-hybridized carbons (Fsp3) is 0.0909. The summed E-state index contributed by atoms with van der Waals surface area (Å²) in [4.78, 5) is 17.3. The van der Waals surface area contributed by atoms with E-state index in [0.717, 1.165) is 16.9 Å². The van der Waals surface area contributed by atoms with Gasteiger partial charge in [0, 0.05) is 23.6 Å². The van der Waals surface area contributed by atoms with Crippen LogP contribution in [0.3, 0.4) is 0 Å². The number of pyridine rings is 1. The van der Waals surface area contributed by atoms with E-state index in [1.165, 1.54) is 14.2 Å². The topological polar surface area (TPSA) is 64.9 Å². The van der Waals surface area contributed by atoms with E-state index in [4.69, 9.17) is 9.47 Å². The number of rotatable bonds is 5. The molecule has 6 heteroatoms. The number of amides is 1. The molecule has 6 nitrogen and oxygen atoms in total. The van der Waals surface area contributed by atoms with Crippen LogP contribution in [-0.4, -0.2) is 29.5 Å². The third-order valence-corrected chi connectivity index (χ3v) is 4.45. The van der Waals surface area contributed by atoms with Crippen molar-refractivity contribution in [2.24, 2.45) is 0 Å². The first-order valence-electron chi connectivity index (χ1n) is 8.76. The van der Waals surface area contributed by atoms with Crippen molar-refractivity contribution in [1.29, 1.82) is 0 Å². The molecular formula is C22H19N3O3. The van der Waals surface area contributed by atoms with Gasteiger partial charge in [-0.15, -0.1) is 0 Å². The van der Waals surface area contributed by atoms with Crippen molar-refractivity contribution in [2.75, 3.05) is 19.5 Å². The molecule has 4 aromatic rings. The number of hydrogen-bond donors (Lipinski definition) is 1. The first-order chi connectivity index (χ1) is 13.7. The van der Waals surface area contributed by atoms with Gasteiger partial charge in [-0.2, -0.15) is 0 Å². The first kappa shape index (κ1) is 17.6. The van der Waals surface area contributed by atoms with Crippen LogP contribution in [0, 0.1) is 0 Å². The molecule has 1 amide bonds. The number of imidazole rings is 1. The van der Waals surface area contributed by atoms with Gasteiger partial charge in [0.2, 0.25) is 0 Å². The fourth-order valence-electron chi connectivity index (χ4n) is 3.06. The summed E-state index contributed by atoms with van der Waals surface area (Å²) < 4.78 is 12.6. The van der Waals surface area contributed by atoms with E-state index in [1.807, 2.05) is 59.3 Å². The van der Waals surface area contributed by atoms with E-state index in [0.29, 0.717) is 22.7 Å². The Labute approximate surface area is 162 Å². The predicted molar refractivity (Wildman–Crippen MR) is 108 cm³/mol. The zero-order valence-electron chi connectivity index (χ0n) is 15.5. The van der Waals surface area contributed by atoms with Crippen LogP contribution in [0.5, 0.6) is 11.5 Å². The molecule has 140 valence electrons. The number of anilines is 1. The van der Waals surface area contributed by atoms with Crippen LogP contribution >= 0.6 is 0 Å². The van der Waals surface area contributed by atoms with E-state index < -0.39 is 0 Å². The number of carbonyl (C=O) groups excluding carboxylic acids is 1. The number of benzene rings is 2. The summed E-state index contributed by atoms with van der Waals surface area (Å²) in [6.45, 7) is 0. The molecule has 2 aromatic heterocycles. The summed E-state index contributed by atoms with van der Waals surface area (Å²) in [5.74, 6) is 0.650. The van der Waals surface area contributed by atoms with Crippen molar-refractivity contribution < 1.29 is 14.3 Å². The molecule has 2 heterocycles. The van der Waals surface area contributed by atoms with Gasteiger partial charge in [0.15, 0.2) is 11.5 Å². The molecule has 0 aliphatic carbocycles. The highest BCUT2D eigenvalue weighted by molar-refractivity contribution is 6.06. The van der Waals surface area contributed by atoms with Gasteiger partial charge in [0.25, 0.3) is 5.91 Å². The average molecular weight is 373 g/mol. The van der Waals surface area contributed by atoms with E-state index >= 15 is 0 Å². The lowest BCUT2D eigenvalue weighted by Gasteiger charge is -2.12. The SMILES string of the molecule is COc1cccc(C(=O)Nc2ccc(-c3cn4ccccc4n3)cc2)c1OC. The van der Waals surface area contributed by atoms with Gasteiger partial charge in [-0.05, 0) is 36.4 Å². The predicted octanol–water partition coefficient (Wildman–Crippen LogP) is 4.27. The molecule has 28 heavy (non-hydrogen) atoms. The molecule has 0 atom stereocenters. The lowest BCUT2D eigenvalue weighted by molar-refractivity contribution is 0.102. The second-order valence-corrected chi connectivity index (χ2v) is 6.16. The highest BCUT2D eigenvalue weighted by atomic mass is 16.5. The molecule has 0 radical (unpaired) electrons. The highest BCUT2D eigenvalue weighted by Gasteiger charge is 2.16. The van der Waals surface area contributed by atoms with Gasteiger partial charge in [-0.3, -0.25) is 4.79 Å². The Kier molecular flexibility index (Phi) is 4.68. The lowest BCUT2D eigenvalue weighted by atomic mass is 10.1. The number of fused-ring (bicyclic) bond motifs is 1. The van der Waals surface area contributed by atoms with Crippen LogP contribution in [0.4, 0.5) is 5.69 Å². The molecule has 0 spiro atoms. The van der Waals surface area contributed by atoms with Crippen molar-refractivity contribution in [1.82, 2.24) is 9.38 Å². The van der Waals surface area contributed by atoms with Crippen molar-refractivity contribution >= 4 is 17.2 Å². The van der Waals surface area contributed by atoms with Gasteiger partial charge in [0.05, 0.1) is 25.5 Å². The van der Waals surface area contributed by atoms with Crippen LogP contribution in [0.2, 0.25) is 0 Å². The van der Waals surface area contributed by atoms with Gasteiger partial charge in [0.1, 0.15) is 5.65 Å². The number of para-hydroxylation sites is 1. The van der Waals surface area contributed by atoms with Gasteiger partial charge in [-0.1, -0.05) is 24.3 Å². The summed E-state index contributed by atoms with van der Waals surface area (Å²) in [7, 11) is 3.05. The Morgan fingerprint density at radius 3 is 2.50 bits per heavy atom. The van der Waals surface area contributed by atoms with Crippen molar-refractivity contribution in [2.45, 2.75) is 0 Å². The first-order valence-corrected chi connectivity index (χ1v) is 8.76. The molecule has 0 fully saturated rings. The molecule has 1 N–H and O–H groups in total. The quantitative estimate of drug-likeness (QED) is 0.567. The zero-order chi connectivity index (χ0) is 19.5. The molecular weight excluding hydrogens is 354 g/mol. The Morgan fingerprint density at radius 2 is 1.79 bits per heavy atom. The molecule has 0 aliphatic heterocycles. The number of aromatic nitrogens is 2. The smallest absolute Gasteiger partial charge is 0.259 e. The van der Waals surface area contributed by atoms with Gasteiger partial charge >= 0.3 is 0 Å². The van der Waals surface area contributed by atoms with Crippen LogP contribution in [-0.2, 0) is 0 Å². The van der Waals surface area contributed by atoms with Crippen molar-refractivity contribution in [3.05, 3.63) is 78.6 Å². The number of methoxy groups -OCH3 is 2. The molecule has 0 bridgehead atoms. The van der Waals surface area contributed by atoms with Crippen LogP contribution in [0.1, 0.15) is 10.4 Å². The minimum Gasteiger partial charge on any atom is -0.493 e. The van der Waals surface area contributed by atoms with E-state index in [-0.39, 0.29) is 5.91 Å². The summed E-state index contributed by atoms with van der Waals surface area (Å²) in [6, 6.07) is 18.6. The maximum Gasteiger partial charge on any atom is 0.259 e. The average Bonchev–Trinajstić information content (AvgIpc) is 3.17. The molecule has 0 unspecified atom stereocenters. The lowest BCUT2D eigenvalue weighted by Crippen LogP contribution is -2.13.